The molecular formula is C33H33N7O5. The number of aryl methyl sites for hydroxylation is 1. The lowest BCUT2D eigenvalue weighted by atomic mass is 9.60. The maximum Gasteiger partial charge on any atom is 0.285 e. The fraction of sp³-hybridized carbons (Fsp3) is 0.455. The van der Waals surface area contributed by atoms with Gasteiger partial charge in [0, 0.05) is 24.2 Å². The lowest BCUT2D eigenvalue weighted by molar-refractivity contribution is -0.126. The molecule has 2 saturated carbocycles. The van der Waals surface area contributed by atoms with E-state index >= 15 is 0 Å². The molecule has 3 aromatic rings. The largest absolute Gasteiger partial charge is 0.393 e. The molecule has 12 nitrogen and oxygen atoms in total. The van der Waals surface area contributed by atoms with Crippen LogP contribution in [0.5, 0.6) is 0 Å². The van der Waals surface area contributed by atoms with Gasteiger partial charge in [-0.3, -0.25) is 23.9 Å². The Morgan fingerprint density at radius 1 is 1.09 bits per heavy atom. The minimum atomic E-state index is -1.03. The monoisotopic (exact) mass is 607 g/mol. The number of anilines is 1. The molecule has 3 fully saturated rings. The topological polar surface area (TPSA) is 154 Å². The fourth-order valence-corrected chi connectivity index (χ4v) is 9.04. The number of likely N-dealkylation sites (tertiary alicyclic amines) is 1. The molecule has 230 valence electrons. The summed E-state index contributed by atoms with van der Waals surface area (Å²) >= 11 is 0. The Balaban J connectivity index is 1.05. The molecule has 2 aliphatic carbocycles. The number of aliphatic hydroxyl groups is 1. The summed E-state index contributed by atoms with van der Waals surface area (Å²) in [7, 11) is 0. The number of amides is 3. The molecule has 4 heterocycles. The van der Waals surface area contributed by atoms with E-state index in [-0.39, 0.29) is 29.4 Å². The van der Waals surface area contributed by atoms with Crippen LogP contribution >= 0.6 is 0 Å². The lowest BCUT2D eigenvalue weighted by Crippen LogP contribution is -2.60. The van der Waals surface area contributed by atoms with Crippen LogP contribution < -0.4 is 5.32 Å². The number of imide groups is 1. The number of nitrogens with zero attached hydrogens (tertiary/aromatic N) is 6. The quantitative estimate of drug-likeness (QED) is 0.305. The normalized spacial score (nSPS) is 32.8. The highest BCUT2D eigenvalue weighted by molar-refractivity contribution is 6.20. The Morgan fingerprint density at radius 3 is 2.58 bits per heavy atom. The summed E-state index contributed by atoms with van der Waals surface area (Å²) in [5.74, 6) is -0.885. The van der Waals surface area contributed by atoms with Crippen molar-refractivity contribution in [1.82, 2.24) is 25.0 Å². The van der Waals surface area contributed by atoms with Gasteiger partial charge >= 0.3 is 0 Å². The molecular weight excluding hydrogens is 574 g/mol. The molecule has 12 heteroatoms. The van der Waals surface area contributed by atoms with Crippen molar-refractivity contribution in [2.75, 3.05) is 11.9 Å². The molecule has 1 saturated heterocycles. The van der Waals surface area contributed by atoms with Crippen molar-refractivity contribution in [3.8, 4) is 6.19 Å². The van der Waals surface area contributed by atoms with Gasteiger partial charge < -0.3 is 15.3 Å². The first-order valence-corrected chi connectivity index (χ1v) is 15.5. The van der Waals surface area contributed by atoms with E-state index in [0.29, 0.717) is 48.7 Å². The fourth-order valence-electron chi connectivity index (χ4n) is 9.04. The first kappa shape index (κ1) is 27.9. The van der Waals surface area contributed by atoms with Crippen LogP contribution in [0.2, 0.25) is 0 Å². The molecule has 45 heavy (non-hydrogen) atoms. The van der Waals surface area contributed by atoms with Crippen LogP contribution in [0, 0.1) is 28.2 Å². The Bertz CT molecular complexity index is 1770. The van der Waals surface area contributed by atoms with Gasteiger partial charge in [0.15, 0.2) is 6.19 Å². The Morgan fingerprint density at radius 2 is 1.82 bits per heavy atom. The van der Waals surface area contributed by atoms with Gasteiger partial charge in [-0.2, -0.15) is 5.26 Å². The van der Waals surface area contributed by atoms with Crippen LogP contribution in [0.4, 0.5) is 5.69 Å². The van der Waals surface area contributed by atoms with Crippen molar-refractivity contribution >= 4 is 23.4 Å². The maximum absolute atomic E-state index is 14.1. The first-order chi connectivity index (χ1) is 21.7. The van der Waals surface area contributed by atoms with E-state index in [4.69, 9.17) is 4.84 Å². The van der Waals surface area contributed by atoms with E-state index in [9.17, 15) is 24.8 Å². The van der Waals surface area contributed by atoms with Crippen LogP contribution in [0.1, 0.15) is 71.0 Å². The molecule has 6 atom stereocenters. The maximum atomic E-state index is 14.1. The molecule has 5 aliphatic rings. The standard InChI is InChI=1S/C33H33N7O5/c1-31-18-32(31)14-26(38(19-34)15-20(32)10-11-27(31)41)33(24-8-4-5-9-25(24)35-30(33)44)12-13-39-16-21(36-37-39)17-45-40-28(42)22-6-2-3-7-23(22)29(40)43/h2-9,16,20,26-27,41H,10-15,17-18H2,1H3,(H,35,44)/t20-,26-,27-,31-,32+,33-/m0/s1. The van der Waals surface area contributed by atoms with Gasteiger partial charge in [-0.05, 0) is 67.2 Å². The predicted molar refractivity (Wildman–Crippen MR) is 158 cm³/mol. The SMILES string of the molecule is C[C@@]12C[C@@]13C[C@@H]([C@@]1(CCn4cc(CON5C(=O)c6ccccc6C5=O)nn4)C(=O)Nc4ccccc41)N(C#N)C[C@@H]3CC[C@@H]2O. The van der Waals surface area contributed by atoms with Crippen molar-refractivity contribution in [2.24, 2.45) is 16.7 Å². The smallest absolute Gasteiger partial charge is 0.285 e. The van der Waals surface area contributed by atoms with E-state index in [2.05, 4.69) is 28.7 Å². The van der Waals surface area contributed by atoms with Crippen LogP contribution in [-0.4, -0.2) is 66.5 Å². The van der Waals surface area contributed by atoms with Crippen LogP contribution in [0.25, 0.3) is 0 Å². The molecule has 1 aromatic heterocycles. The highest BCUT2D eigenvalue weighted by atomic mass is 16.7. The number of benzene rings is 2. The van der Waals surface area contributed by atoms with Crippen molar-refractivity contribution in [1.29, 1.82) is 5.26 Å². The van der Waals surface area contributed by atoms with Crippen molar-refractivity contribution < 1.29 is 24.3 Å². The number of piperidine rings is 1. The van der Waals surface area contributed by atoms with E-state index in [1.165, 1.54) is 0 Å². The summed E-state index contributed by atoms with van der Waals surface area (Å²) in [6, 6.07) is 13.8. The molecule has 0 bridgehead atoms. The number of para-hydroxylation sites is 1. The minimum absolute atomic E-state index is 0.102. The van der Waals surface area contributed by atoms with Crippen LogP contribution in [-0.2, 0) is 28.2 Å². The second-order valence-corrected chi connectivity index (χ2v) is 13.4. The average Bonchev–Trinajstić information content (AvgIpc) is 3.28. The van der Waals surface area contributed by atoms with Gasteiger partial charge in [0.25, 0.3) is 11.8 Å². The molecule has 8 rings (SSSR count). The summed E-state index contributed by atoms with van der Waals surface area (Å²) in [5, 5.41) is 33.7. The first-order valence-electron chi connectivity index (χ1n) is 15.5. The Hall–Kier alpha value is -4.60. The average molecular weight is 608 g/mol. The molecule has 0 radical (unpaired) electrons. The number of carbonyl (C=O) groups excluding carboxylic acids is 3. The van der Waals surface area contributed by atoms with Gasteiger partial charge in [0.2, 0.25) is 5.91 Å². The number of hydrogen-bond donors (Lipinski definition) is 2. The molecule has 1 spiro atoms. The second kappa shape index (κ2) is 9.70. The summed E-state index contributed by atoms with van der Waals surface area (Å²) < 4.78 is 1.63. The molecule has 2 N–H and O–H groups in total. The third kappa shape index (κ3) is 3.80. The summed E-state index contributed by atoms with van der Waals surface area (Å²) in [6.45, 7) is 2.92. The zero-order chi connectivity index (χ0) is 31.1. The zero-order valence-corrected chi connectivity index (χ0v) is 24.8. The molecule has 3 amide bonds. The van der Waals surface area contributed by atoms with Gasteiger partial charge in [-0.15, -0.1) is 10.2 Å². The third-order valence-corrected chi connectivity index (χ3v) is 11.5. The van der Waals surface area contributed by atoms with Gasteiger partial charge in [-0.25, -0.2) is 0 Å². The number of aliphatic hydroxyl groups excluding tert-OH is 1. The number of hydrogen-bond acceptors (Lipinski definition) is 9. The molecule has 2 aromatic carbocycles. The van der Waals surface area contributed by atoms with E-state index in [1.807, 2.05) is 29.2 Å². The predicted octanol–water partition coefficient (Wildman–Crippen LogP) is 3.01. The minimum Gasteiger partial charge on any atom is -0.393 e. The number of carbonyl (C=O) groups is 3. The van der Waals surface area contributed by atoms with E-state index in [1.54, 1.807) is 35.1 Å². The Labute approximate surface area is 259 Å². The van der Waals surface area contributed by atoms with Gasteiger partial charge in [-0.1, -0.05) is 42.5 Å². The van der Waals surface area contributed by atoms with Crippen molar-refractivity contribution in [3.05, 3.63) is 77.1 Å². The van der Waals surface area contributed by atoms with Crippen LogP contribution in [0.15, 0.2) is 54.7 Å². The number of hydroxylamine groups is 2. The zero-order valence-electron chi connectivity index (χ0n) is 24.8. The highest BCUT2D eigenvalue weighted by Gasteiger charge is 2.75. The number of nitriles is 1. The highest BCUT2D eigenvalue weighted by Crippen LogP contribution is 2.77. The van der Waals surface area contributed by atoms with E-state index < -0.39 is 23.3 Å². The number of fused-ring (bicyclic) bond motifs is 2. The summed E-state index contributed by atoms with van der Waals surface area (Å²) in [5.41, 5.74) is 1.28. The Kier molecular flexibility index (Phi) is 6.02. The van der Waals surface area contributed by atoms with Gasteiger partial charge in [0.05, 0.1) is 34.9 Å². The van der Waals surface area contributed by atoms with E-state index in [0.717, 1.165) is 35.6 Å². The summed E-state index contributed by atoms with van der Waals surface area (Å²) in [6.07, 6.45) is 7.28. The van der Waals surface area contributed by atoms with Crippen molar-refractivity contribution in [3.63, 3.8) is 0 Å². The number of aromatic nitrogens is 3. The van der Waals surface area contributed by atoms with Crippen molar-refractivity contribution in [2.45, 2.75) is 69.7 Å². The number of nitrogens with one attached hydrogen (secondary N) is 1. The van der Waals surface area contributed by atoms with Crippen LogP contribution in [0.3, 0.4) is 0 Å². The molecule has 0 unspecified atom stereocenters. The second-order valence-electron chi connectivity index (χ2n) is 13.4. The molecule has 3 aliphatic heterocycles. The number of rotatable bonds is 7. The summed E-state index contributed by atoms with van der Waals surface area (Å²) in [4.78, 5) is 46.8. The lowest BCUT2D eigenvalue weighted by Gasteiger charge is -2.52. The third-order valence-electron chi connectivity index (χ3n) is 11.5. The van der Waals surface area contributed by atoms with Gasteiger partial charge in [0.1, 0.15) is 12.3 Å².